The fraction of sp³-hybridized carbons (Fsp3) is 0.130. The summed E-state index contributed by atoms with van der Waals surface area (Å²) in [5.41, 5.74) is 1.52. The lowest BCUT2D eigenvalue weighted by molar-refractivity contribution is -0.385. The van der Waals surface area contributed by atoms with Gasteiger partial charge in [0.15, 0.2) is 0 Å². The second-order valence-electron chi connectivity index (χ2n) is 6.89. The van der Waals surface area contributed by atoms with E-state index in [1.807, 2.05) is 18.2 Å². The number of carbonyl (C=O) groups is 1. The van der Waals surface area contributed by atoms with Crippen LogP contribution in [-0.2, 0) is 15.9 Å². The lowest BCUT2D eigenvalue weighted by atomic mass is 10.1. The first kappa shape index (κ1) is 24.8. The Morgan fingerprint density at radius 1 is 1.09 bits per heavy atom. The number of amides is 1. The van der Waals surface area contributed by atoms with Gasteiger partial charge in [0.1, 0.15) is 10.6 Å². The van der Waals surface area contributed by atoms with Crippen LogP contribution in [0.4, 0.5) is 5.69 Å². The predicted molar refractivity (Wildman–Crippen MR) is 127 cm³/mol. The molecule has 11 heteroatoms. The van der Waals surface area contributed by atoms with Gasteiger partial charge in [0, 0.05) is 35.7 Å². The van der Waals surface area contributed by atoms with E-state index < -0.39 is 15.0 Å². The maximum atomic E-state index is 12.4. The zero-order valence-electron chi connectivity index (χ0n) is 17.7. The number of thioether (sulfide) groups is 1. The number of benzene rings is 3. The summed E-state index contributed by atoms with van der Waals surface area (Å²) in [6.07, 6.45) is 0. The molecule has 0 aliphatic rings. The van der Waals surface area contributed by atoms with Crippen molar-refractivity contribution < 1.29 is 22.3 Å². The molecule has 3 aromatic rings. The Labute approximate surface area is 200 Å². The Bertz CT molecular complexity index is 1340. The van der Waals surface area contributed by atoms with Crippen molar-refractivity contribution >= 4 is 33.5 Å². The van der Waals surface area contributed by atoms with Crippen LogP contribution >= 0.6 is 11.8 Å². The van der Waals surface area contributed by atoms with E-state index in [0.717, 1.165) is 11.6 Å². The number of hydrogen-bond donors (Lipinski definition) is 1. The molecule has 0 saturated carbocycles. The molecule has 1 amide bonds. The first-order chi connectivity index (χ1) is 16.3. The Kier molecular flexibility index (Phi) is 8.24. The van der Waals surface area contributed by atoms with Crippen LogP contribution in [0, 0.1) is 21.4 Å². The molecule has 0 saturated heterocycles. The molecule has 3 rings (SSSR count). The molecule has 0 spiro atoms. The van der Waals surface area contributed by atoms with Crippen molar-refractivity contribution in [1.82, 2.24) is 5.32 Å². The lowest BCUT2D eigenvalue weighted by Crippen LogP contribution is -2.25. The maximum absolute atomic E-state index is 12.4. The minimum atomic E-state index is -4.28. The normalized spacial score (nSPS) is 10.8. The van der Waals surface area contributed by atoms with Gasteiger partial charge in [-0.15, -0.1) is 0 Å². The average molecular weight is 498 g/mol. The van der Waals surface area contributed by atoms with Gasteiger partial charge in [-0.05, 0) is 42.0 Å². The van der Waals surface area contributed by atoms with Crippen LogP contribution in [0.15, 0.2) is 77.7 Å². The van der Waals surface area contributed by atoms with Gasteiger partial charge < -0.3 is 9.50 Å². The van der Waals surface area contributed by atoms with Crippen LogP contribution < -0.4 is 9.50 Å². The van der Waals surface area contributed by atoms with Gasteiger partial charge in [-0.1, -0.05) is 24.3 Å². The monoisotopic (exact) mass is 497 g/mol. The smallest absolute Gasteiger partial charge is 0.339 e. The molecule has 174 valence electrons. The molecule has 0 radical (unpaired) electrons. The molecule has 0 aliphatic heterocycles. The van der Waals surface area contributed by atoms with Crippen molar-refractivity contribution in [3.63, 3.8) is 0 Å². The number of nitrogens with one attached hydrogen (secondary N) is 1. The highest BCUT2D eigenvalue weighted by molar-refractivity contribution is 7.98. The SMILES string of the molecule is N#Cc1ccccc1CSCCNC(=O)c1ccc(OS(=O)(=O)c2cccc([N+](=O)[O-])c2)cc1. The second kappa shape index (κ2) is 11.3. The van der Waals surface area contributed by atoms with Gasteiger partial charge in [-0.2, -0.15) is 25.4 Å². The number of nitro benzene ring substituents is 1. The van der Waals surface area contributed by atoms with Gasteiger partial charge in [-0.3, -0.25) is 14.9 Å². The van der Waals surface area contributed by atoms with Crippen molar-refractivity contribution in [3.05, 3.63) is 99.6 Å². The first-order valence-electron chi connectivity index (χ1n) is 9.93. The third-order valence-corrected chi connectivity index (χ3v) is 6.82. The summed E-state index contributed by atoms with van der Waals surface area (Å²) in [7, 11) is -4.28. The van der Waals surface area contributed by atoms with Crippen molar-refractivity contribution in [3.8, 4) is 11.8 Å². The van der Waals surface area contributed by atoms with Gasteiger partial charge >= 0.3 is 10.1 Å². The quantitative estimate of drug-likeness (QED) is 0.193. The Balaban J connectivity index is 1.51. The van der Waals surface area contributed by atoms with Gasteiger partial charge in [0.05, 0.1) is 16.6 Å². The van der Waals surface area contributed by atoms with E-state index in [1.54, 1.807) is 17.8 Å². The van der Waals surface area contributed by atoms with Crippen molar-refractivity contribution in [1.29, 1.82) is 5.26 Å². The summed E-state index contributed by atoms with van der Waals surface area (Å²) in [4.78, 5) is 22.1. The topological polar surface area (TPSA) is 139 Å². The molecule has 0 fully saturated rings. The summed E-state index contributed by atoms with van der Waals surface area (Å²) in [5, 5.41) is 22.7. The first-order valence-corrected chi connectivity index (χ1v) is 12.5. The fourth-order valence-corrected chi connectivity index (χ4v) is 4.70. The molecule has 0 aromatic heterocycles. The number of non-ortho nitro benzene ring substituents is 1. The number of nitro groups is 1. The molecular formula is C23H19N3O6S2. The standard InChI is InChI=1S/C23H19N3O6S2/c24-15-18-4-1-2-5-19(18)16-33-13-12-25-23(27)17-8-10-21(11-9-17)32-34(30,31)22-7-3-6-20(14-22)26(28)29/h1-11,14H,12-13,16H2,(H,25,27). The number of nitrogens with zero attached hydrogens (tertiary/aromatic N) is 2. The van der Waals surface area contributed by atoms with E-state index in [2.05, 4.69) is 11.4 Å². The molecule has 1 N–H and O–H groups in total. The zero-order chi connectivity index (χ0) is 24.6. The summed E-state index contributed by atoms with van der Waals surface area (Å²) < 4.78 is 29.8. The summed E-state index contributed by atoms with van der Waals surface area (Å²) >= 11 is 1.59. The molecule has 0 atom stereocenters. The van der Waals surface area contributed by atoms with E-state index >= 15 is 0 Å². The van der Waals surface area contributed by atoms with E-state index in [9.17, 15) is 23.3 Å². The van der Waals surface area contributed by atoms with Gasteiger partial charge in [0.2, 0.25) is 0 Å². The zero-order valence-corrected chi connectivity index (χ0v) is 19.3. The maximum Gasteiger partial charge on any atom is 0.339 e. The molecule has 3 aromatic carbocycles. The lowest BCUT2D eigenvalue weighted by Gasteiger charge is -2.09. The van der Waals surface area contributed by atoms with Crippen molar-refractivity contribution in [2.75, 3.05) is 12.3 Å². The average Bonchev–Trinajstić information content (AvgIpc) is 2.84. The highest BCUT2D eigenvalue weighted by Gasteiger charge is 2.20. The van der Waals surface area contributed by atoms with E-state index in [4.69, 9.17) is 9.44 Å². The summed E-state index contributed by atoms with van der Waals surface area (Å²) in [6.45, 7) is 0.414. The highest BCUT2D eigenvalue weighted by atomic mass is 32.2. The third-order valence-electron chi connectivity index (χ3n) is 4.57. The second-order valence-corrected chi connectivity index (χ2v) is 9.55. The molecule has 0 aliphatic carbocycles. The van der Waals surface area contributed by atoms with Crippen LogP contribution in [0.1, 0.15) is 21.5 Å². The van der Waals surface area contributed by atoms with Crippen LogP contribution in [0.25, 0.3) is 0 Å². The minimum Gasteiger partial charge on any atom is -0.379 e. The van der Waals surface area contributed by atoms with Crippen molar-refractivity contribution in [2.24, 2.45) is 0 Å². The summed E-state index contributed by atoms with van der Waals surface area (Å²) in [5.74, 6) is 0.944. The third kappa shape index (κ3) is 6.57. The van der Waals surface area contributed by atoms with Crippen molar-refractivity contribution in [2.45, 2.75) is 10.6 Å². The Morgan fingerprint density at radius 2 is 1.82 bits per heavy atom. The van der Waals surface area contributed by atoms with Gasteiger partial charge in [0.25, 0.3) is 11.6 Å². The number of hydrogen-bond acceptors (Lipinski definition) is 8. The predicted octanol–water partition coefficient (Wildman–Crippen LogP) is 3.90. The fourth-order valence-electron chi connectivity index (χ4n) is 2.87. The van der Waals surface area contributed by atoms with E-state index in [0.29, 0.717) is 29.2 Å². The Morgan fingerprint density at radius 3 is 2.53 bits per heavy atom. The van der Waals surface area contributed by atoms with Crippen LogP contribution in [-0.4, -0.2) is 31.5 Å². The van der Waals surface area contributed by atoms with E-state index in [1.165, 1.54) is 42.5 Å². The molecule has 0 heterocycles. The van der Waals surface area contributed by atoms with Crippen LogP contribution in [0.5, 0.6) is 5.75 Å². The largest absolute Gasteiger partial charge is 0.379 e. The molecule has 0 unspecified atom stereocenters. The highest BCUT2D eigenvalue weighted by Crippen LogP contribution is 2.22. The number of nitriles is 1. The molecule has 0 bridgehead atoms. The molecule has 34 heavy (non-hydrogen) atoms. The van der Waals surface area contributed by atoms with Crippen LogP contribution in [0.2, 0.25) is 0 Å². The molecule has 9 nitrogen and oxygen atoms in total. The van der Waals surface area contributed by atoms with Crippen LogP contribution in [0.3, 0.4) is 0 Å². The number of carbonyl (C=O) groups excluding carboxylic acids is 1. The summed E-state index contributed by atoms with van der Waals surface area (Å²) in [6, 6.07) is 19.5. The Hall–Kier alpha value is -3.88. The van der Waals surface area contributed by atoms with E-state index in [-0.39, 0.29) is 22.2 Å². The molecular weight excluding hydrogens is 478 g/mol. The number of rotatable bonds is 10. The van der Waals surface area contributed by atoms with Gasteiger partial charge in [-0.25, -0.2) is 0 Å². The minimum absolute atomic E-state index is 0.0326.